The molecule has 1 N–H and O–H groups in total. The summed E-state index contributed by atoms with van der Waals surface area (Å²) in [6, 6.07) is 14.1. The zero-order valence-corrected chi connectivity index (χ0v) is 20.4. The minimum Gasteiger partial charge on any atom is -0.462 e. The standard InChI is InChI=1S/C27H28N2O3S/c1-6-29-22-11-9-8-10-20(22)18(5)24(29)25(30)28-26-23(27(31)32-7-2)21(15-33-26)19-13-12-16(3)14-17(19)4/h8-15H,6-7H2,1-5H3,(H,28,30). The van der Waals surface area contributed by atoms with Crippen molar-refractivity contribution in [1.82, 2.24) is 4.57 Å². The highest BCUT2D eigenvalue weighted by atomic mass is 32.1. The molecule has 2 aromatic carbocycles. The summed E-state index contributed by atoms with van der Waals surface area (Å²) in [5.74, 6) is -0.665. The van der Waals surface area contributed by atoms with E-state index in [1.54, 1.807) is 6.92 Å². The van der Waals surface area contributed by atoms with E-state index in [0.717, 1.165) is 38.7 Å². The Labute approximate surface area is 198 Å². The van der Waals surface area contributed by atoms with Crippen LogP contribution in [0.25, 0.3) is 22.0 Å². The number of aromatic nitrogens is 1. The van der Waals surface area contributed by atoms with E-state index in [1.807, 2.05) is 74.0 Å². The molecule has 5 nitrogen and oxygen atoms in total. The summed E-state index contributed by atoms with van der Waals surface area (Å²) < 4.78 is 7.38. The predicted octanol–water partition coefficient (Wildman–Crippen LogP) is 6.74. The van der Waals surface area contributed by atoms with E-state index >= 15 is 0 Å². The van der Waals surface area contributed by atoms with Crippen molar-refractivity contribution >= 4 is 39.1 Å². The zero-order valence-electron chi connectivity index (χ0n) is 19.6. The second kappa shape index (κ2) is 9.24. The molecule has 4 aromatic rings. The van der Waals surface area contributed by atoms with Gasteiger partial charge in [0.25, 0.3) is 5.91 Å². The first-order valence-electron chi connectivity index (χ1n) is 11.1. The van der Waals surface area contributed by atoms with Gasteiger partial charge in [-0.15, -0.1) is 11.3 Å². The Hall–Kier alpha value is -3.38. The monoisotopic (exact) mass is 460 g/mol. The number of carbonyl (C=O) groups is 2. The number of hydrogen-bond donors (Lipinski definition) is 1. The van der Waals surface area contributed by atoms with E-state index in [2.05, 4.69) is 11.4 Å². The van der Waals surface area contributed by atoms with Gasteiger partial charge in [-0.3, -0.25) is 4.79 Å². The first-order chi connectivity index (χ1) is 15.9. The normalized spacial score (nSPS) is 11.1. The van der Waals surface area contributed by atoms with Crippen molar-refractivity contribution in [2.75, 3.05) is 11.9 Å². The largest absolute Gasteiger partial charge is 0.462 e. The van der Waals surface area contributed by atoms with Crippen LogP contribution >= 0.6 is 11.3 Å². The number of amides is 1. The highest BCUT2D eigenvalue weighted by Gasteiger charge is 2.26. The van der Waals surface area contributed by atoms with Gasteiger partial charge in [-0.2, -0.15) is 0 Å². The van der Waals surface area contributed by atoms with Gasteiger partial charge >= 0.3 is 5.97 Å². The lowest BCUT2D eigenvalue weighted by atomic mass is 9.97. The van der Waals surface area contributed by atoms with Gasteiger partial charge in [0.1, 0.15) is 16.3 Å². The molecule has 0 bridgehead atoms. The molecule has 2 heterocycles. The van der Waals surface area contributed by atoms with E-state index < -0.39 is 5.97 Å². The Balaban J connectivity index is 1.80. The van der Waals surface area contributed by atoms with Crippen LogP contribution in [0.3, 0.4) is 0 Å². The van der Waals surface area contributed by atoms with Gasteiger partial charge in [-0.1, -0.05) is 42.0 Å². The van der Waals surface area contributed by atoms with Crippen molar-refractivity contribution in [1.29, 1.82) is 0 Å². The van der Waals surface area contributed by atoms with Crippen LogP contribution in [0.2, 0.25) is 0 Å². The number of benzene rings is 2. The van der Waals surface area contributed by atoms with Crippen LogP contribution in [-0.2, 0) is 11.3 Å². The first-order valence-corrected chi connectivity index (χ1v) is 12.0. The Morgan fingerprint density at radius 2 is 1.79 bits per heavy atom. The molecule has 0 aliphatic heterocycles. The van der Waals surface area contributed by atoms with E-state index in [0.29, 0.717) is 22.8 Å². The molecule has 0 fully saturated rings. The van der Waals surface area contributed by atoms with E-state index in [-0.39, 0.29) is 12.5 Å². The highest BCUT2D eigenvalue weighted by molar-refractivity contribution is 7.15. The number of hydrogen-bond acceptors (Lipinski definition) is 4. The van der Waals surface area contributed by atoms with Crippen molar-refractivity contribution in [2.24, 2.45) is 0 Å². The quantitative estimate of drug-likeness (QED) is 0.324. The molecule has 0 radical (unpaired) electrons. The molecule has 0 saturated heterocycles. The fourth-order valence-corrected chi connectivity index (χ4v) is 5.37. The van der Waals surface area contributed by atoms with Crippen LogP contribution in [0.4, 0.5) is 5.00 Å². The lowest BCUT2D eigenvalue weighted by molar-refractivity contribution is 0.0529. The third kappa shape index (κ3) is 4.07. The SMILES string of the molecule is CCOC(=O)c1c(-c2ccc(C)cc2C)csc1NC(=O)c1c(C)c2ccccc2n1CC. The number of anilines is 1. The molecule has 0 spiro atoms. The zero-order chi connectivity index (χ0) is 23.7. The maximum absolute atomic E-state index is 13.5. The topological polar surface area (TPSA) is 60.3 Å². The fraction of sp³-hybridized carbons (Fsp3) is 0.259. The van der Waals surface area contributed by atoms with Crippen LogP contribution < -0.4 is 5.32 Å². The molecule has 6 heteroatoms. The van der Waals surface area contributed by atoms with Crippen LogP contribution in [0, 0.1) is 20.8 Å². The minimum atomic E-state index is -0.434. The van der Waals surface area contributed by atoms with Gasteiger partial charge in [0, 0.05) is 28.4 Å². The van der Waals surface area contributed by atoms with Gasteiger partial charge in [-0.25, -0.2) is 4.79 Å². The van der Waals surface area contributed by atoms with Crippen LogP contribution in [-0.4, -0.2) is 23.1 Å². The average molecular weight is 461 g/mol. The highest BCUT2D eigenvalue weighted by Crippen LogP contribution is 2.38. The Bertz CT molecular complexity index is 1360. The number of fused-ring (bicyclic) bond motifs is 1. The van der Waals surface area contributed by atoms with E-state index in [4.69, 9.17) is 4.74 Å². The second-order valence-corrected chi connectivity index (χ2v) is 8.96. The summed E-state index contributed by atoms with van der Waals surface area (Å²) in [7, 11) is 0. The third-order valence-corrected chi connectivity index (χ3v) is 6.82. The summed E-state index contributed by atoms with van der Waals surface area (Å²) in [5.41, 5.74) is 6.91. The molecule has 33 heavy (non-hydrogen) atoms. The molecule has 0 aliphatic carbocycles. The van der Waals surface area contributed by atoms with Crippen LogP contribution in [0.15, 0.2) is 47.8 Å². The smallest absolute Gasteiger partial charge is 0.341 e. The first kappa shape index (κ1) is 22.8. The van der Waals surface area contributed by atoms with Gasteiger partial charge in [0.15, 0.2) is 0 Å². The maximum Gasteiger partial charge on any atom is 0.341 e. The number of para-hydroxylation sites is 1. The molecule has 4 rings (SSSR count). The average Bonchev–Trinajstić information content (AvgIpc) is 3.32. The number of rotatable bonds is 6. The van der Waals surface area contributed by atoms with E-state index in [9.17, 15) is 9.59 Å². The lowest BCUT2D eigenvalue weighted by Gasteiger charge is -2.12. The molecular weight excluding hydrogens is 432 g/mol. The summed E-state index contributed by atoms with van der Waals surface area (Å²) in [5, 5.41) is 6.49. The van der Waals surface area contributed by atoms with Crippen LogP contribution in [0.5, 0.6) is 0 Å². The number of nitrogens with zero attached hydrogens (tertiary/aromatic N) is 1. The third-order valence-electron chi connectivity index (χ3n) is 5.93. The van der Waals surface area contributed by atoms with Gasteiger partial charge < -0.3 is 14.6 Å². The number of ether oxygens (including phenoxy) is 1. The maximum atomic E-state index is 13.5. The van der Waals surface area contributed by atoms with Crippen molar-refractivity contribution in [3.63, 3.8) is 0 Å². The fourth-order valence-electron chi connectivity index (χ4n) is 4.43. The molecule has 1 amide bonds. The van der Waals surface area contributed by atoms with Gasteiger partial charge in [-0.05, 0) is 57.4 Å². The predicted molar refractivity (Wildman–Crippen MR) is 135 cm³/mol. The summed E-state index contributed by atoms with van der Waals surface area (Å²) in [6.45, 7) is 10.8. The summed E-state index contributed by atoms with van der Waals surface area (Å²) in [4.78, 5) is 26.5. The Morgan fingerprint density at radius 3 is 2.48 bits per heavy atom. The summed E-state index contributed by atoms with van der Waals surface area (Å²) >= 11 is 1.35. The van der Waals surface area contributed by atoms with Crippen molar-refractivity contribution in [2.45, 2.75) is 41.2 Å². The number of carbonyl (C=O) groups excluding carboxylic acids is 2. The van der Waals surface area contributed by atoms with Crippen LogP contribution in [0.1, 0.15) is 51.4 Å². The molecule has 0 aliphatic rings. The number of aryl methyl sites for hydroxylation is 4. The molecule has 0 atom stereocenters. The van der Waals surface area contributed by atoms with Gasteiger partial charge in [0.05, 0.1) is 6.61 Å². The number of nitrogens with one attached hydrogen (secondary N) is 1. The molecular formula is C27H28N2O3S. The molecule has 0 unspecified atom stereocenters. The Kier molecular flexibility index (Phi) is 6.38. The molecule has 0 saturated carbocycles. The van der Waals surface area contributed by atoms with E-state index in [1.165, 1.54) is 11.3 Å². The second-order valence-electron chi connectivity index (χ2n) is 8.08. The molecule has 2 aromatic heterocycles. The number of esters is 1. The van der Waals surface area contributed by atoms with Crippen molar-refractivity contribution in [3.8, 4) is 11.1 Å². The van der Waals surface area contributed by atoms with Crippen molar-refractivity contribution < 1.29 is 14.3 Å². The summed E-state index contributed by atoms with van der Waals surface area (Å²) in [6.07, 6.45) is 0. The minimum absolute atomic E-state index is 0.231. The van der Waals surface area contributed by atoms with Crippen molar-refractivity contribution in [3.05, 3.63) is 75.8 Å². The van der Waals surface area contributed by atoms with Gasteiger partial charge in [0.2, 0.25) is 0 Å². The molecule has 170 valence electrons. The Morgan fingerprint density at radius 1 is 1.03 bits per heavy atom. The lowest BCUT2D eigenvalue weighted by Crippen LogP contribution is -2.19. The number of thiophene rings is 1.